The maximum Gasteiger partial charge on any atom is 0.191 e. The van der Waals surface area contributed by atoms with E-state index in [9.17, 15) is 9.32 Å². The second-order valence-electron chi connectivity index (χ2n) is 7.67. The predicted octanol–water partition coefficient (Wildman–Crippen LogP) is 0.172. The number of nitrogens with zero attached hydrogens (tertiary/aromatic N) is 2. The summed E-state index contributed by atoms with van der Waals surface area (Å²) in [5.74, 6) is 1.22. The largest absolute Gasteiger partial charge is 0.387 e. The van der Waals surface area contributed by atoms with Crippen LogP contribution in [0.4, 0.5) is 0 Å². The first-order valence-corrected chi connectivity index (χ1v) is 10.4. The molecule has 0 aromatic carbocycles. The average molecular weight is 377 g/mol. The Hall–Kier alpha value is -0.700. The molecule has 8 heteroatoms. The molecule has 0 aliphatic carbocycles. The molecule has 7 nitrogen and oxygen atoms in total. The lowest BCUT2D eigenvalue weighted by Gasteiger charge is -2.33. The Morgan fingerprint density at radius 3 is 2.44 bits per heavy atom. The van der Waals surface area contributed by atoms with Gasteiger partial charge in [0.15, 0.2) is 5.96 Å². The summed E-state index contributed by atoms with van der Waals surface area (Å²) in [5, 5.41) is 17.0. The molecule has 2 atom stereocenters. The number of rotatable bonds is 8. The first kappa shape index (κ1) is 22.3. The number of morpholine rings is 1. The van der Waals surface area contributed by atoms with Crippen molar-refractivity contribution in [3.05, 3.63) is 0 Å². The molecule has 1 aliphatic heterocycles. The minimum atomic E-state index is -0.897. The van der Waals surface area contributed by atoms with Crippen LogP contribution in [0.5, 0.6) is 0 Å². The number of guanidine groups is 1. The molecule has 0 saturated carbocycles. The first-order valence-electron chi connectivity index (χ1n) is 9.07. The number of β-amino-alcohol motifs (C(OH)–C–C–N with tert-alkyl or cyclic N) is 1. The van der Waals surface area contributed by atoms with Gasteiger partial charge in [0.25, 0.3) is 0 Å². The van der Waals surface area contributed by atoms with Crippen LogP contribution in [-0.2, 0) is 15.5 Å². The summed E-state index contributed by atoms with van der Waals surface area (Å²) in [6.07, 6.45) is 0. The van der Waals surface area contributed by atoms with Crippen LogP contribution < -0.4 is 10.6 Å². The van der Waals surface area contributed by atoms with Gasteiger partial charge in [-0.15, -0.1) is 0 Å². The smallest absolute Gasteiger partial charge is 0.191 e. The Kier molecular flexibility index (Phi) is 9.34. The lowest BCUT2D eigenvalue weighted by Crippen LogP contribution is -2.48. The van der Waals surface area contributed by atoms with Crippen LogP contribution in [0.1, 0.15) is 34.6 Å². The zero-order valence-electron chi connectivity index (χ0n) is 16.4. The number of nitrogens with one attached hydrogen (secondary N) is 2. The Labute approximate surface area is 155 Å². The normalized spacial score (nSPS) is 20.8. The highest BCUT2D eigenvalue weighted by Crippen LogP contribution is 2.11. The van der Waals surface area contributed by atoms with Crippen molar-refractivity contribution in [3.63, 3.8) is 0 Å². The summed E-state index contributed by atoms with van der Waals surface area (Å²) in [6, 6.07) is 0. The van der Waals surface area contributed by atoms with E-state index in [1.807, 2.05) is 34.6 Å². The molecule has 0 amide bonds. The standard InChI is InChI=1S/C17H36N4O3S/c1-6-18-15(19-7-12-25(23)16(2,3)4)20-13-17(5,22)14-21-8-10-24-11-9-21/h22H,6-14H2,1-5H3,(H2,18,19,20). The van der Waals surface area contributed by atoms with E-state index in [0.29, 0.717) is 44.6 Å². The molecule has 0 aromatic heterocycles. The van der Waals surface area contributed by atoms with Crippen molar-refractivity contribution in [1.29, 1.82) is 0 Å². The van der Waals surface area contributed by atoms with Gasteiger partial charge in [-0.3, -0.25) is 14.1 Å². The molecule has 3 N–H and O–H groups in total. The van der Waals surface area contributed by atoms with Crippen LogP contribution in [-0.4, -0.2) is 88.8 Å². The molecule has 1 fully saturated rings. The fourth-order valence-corrected chi connectivity index (χ4v) is 3.35. The van der Waals surface area contributed by atoms with Gasteiger partial charge in [0.1, 0.15) is 0 Å². The van der Waals surface area contributed by atoms with E-state index in [4.69, 9.17) is 4.74 Å². The number of hydrogen-bond donors (Lipinski definition) is 3. The molecular formula is C17H36N4O3S. The van der Waals surface area contributed by atoms with Crippen LogP contribution in [0.15, 0.2) is 4.99 Å². The highest BCUT2D eigenvalue weighted by Gasteiger charge is 2.25. The lowest BCUT2D eigenvalue weighted by atomic mass is 10.1. The van der Waals surface area contributed by atoms with Crippen LogP contribution in [0.3, 0.4) is 0 Å². The first-order chi connectivity index (χ1) is 11.6. The zero-order valence-corrected chi connectivity index (χ0v) is 17.2. The molecule has 1 aliphatic rings. The summed E-state index contributed by atoms with van der Waals surface area (Å²) in [5.41, 5.74) is -0.895. The van der Waals surface area contributed by atoms with Crippen LogP contribution in [0, 0.1) is 0 Å². The molecule has 25 heavy (non-hydrogen) atoms. The van der Waals surface area contributed by atoms with Gasteiger partial charge in [0, 0.05) is 54.0 Å². The van der Waals surface area contributed by atoms with E-state index in [-0.39, 0.29) is 4.75 Å². The van der Waals surface area contributed by atoms with Crippen molar-refractivity contribution in [3.8, 4) is 0 Å². The van der Waals surface area contributed by atoms with Gasteiger partial charge in [0.2, 0.25) is 0 Å². The van der Waals surface area contributed by atoms with Crippen molar-refractivity contribution in [2.24, 2.45) is 4.99 Å². The third-order valence-corrected chi connectivity index (χ3v) is 5.79. The van der Waals surface area contributed by atoms with E-state index in [2.05, 4.69) is 20.5 Å². The molecule has 0 bridgehead atoms. The number of ether oxygens (including phenoxy) is 1. The van der Waals surface area contributed by atoms with E-state index in [0.717, 1.165) is 19.6 Å². The van der Waals surface area contributed by atoms with Crippen molar-refractivity contribution >= 4 is 16.8 Å². The van der Waals surface area contributed by atoms with Crippen molar-refractivity contribution in [1.82, 2.24) is 15.5 Å². The quantitative estimate of drug-likeness (QED) is 0.414. The van der Waals surface area contributed by atoms with E-state index < -0.39 is 16.4 Å². The molecule has 1 rings (SSSR count). The Bertz CT molecular complexity index is 444. The fourth-order valence-electron chi connectivity index (χ4n) is 2.45. The molecule has 0 radical (unpaired) electrons. The Morgan fingerprint density at radius 2 is 1.88 bits per heavy atom. The minimum Gasteiger partial charge on any atom is -0.387 e. The molecule has 1 heterocycles. The topological polar surface area (TPSA) is 86.2 Å². The zero-order chi connectivity index (χ0) is 18.9. The highest BCUT2D eigenvalue weighted by molar-refractivity contribution is 7.86. The monoisotopic (exact) mass is 376 g/mol. The summed E-state index contributed by atoms with van der Waals surface area (Å²) in [4.78, 5) is 6.70. The molecule has 0 spiro atoms. The molecule has 2 unspecified atom stereocenters. The number of aliphatic imine (C=N–C) groups is 1. The van der Waals surface area contributed by atoms with Gasteiger partial charge < -0.3 is 20.5 Å². The fraction of sp³-hybridized carbons (Fsp3) is 0.941. The van der Waals surface area contributed by atoms with Crippen molar-refractivity contribution in [2.75, 3.05) is 58.2 Å². The van der Waals surface area contributed by atoms with Gasteiger partial charge in [-0.2, -0.15) is 0 Å². The molecular weight excluding hydrogens is 340 g/mol. The third-order valence-electron chi connectivity index (χ3n) is 3.85. The van der Waals surface area contributed by atoms with E-state index >= 15 is 0 Å². The number of hydrogen-bond acceptors (Lipinski definition) is 5. The van der Waals surface area contributed by atoms with Gasteiger partial charge in [0.05, 0.1) is 25.4 Å². The highest BCUT2D eigenvalue weighted by atomic mass is 32.2. The molecule has 1 saturated heterocycles. The van der Waals surface area contributed by atoms with Crippen LogP contribution in [0.2, 0.25) is 0 Å². The number of aliphatic hydroxyl groups is 1. The lowest BCUT2D eigenvalue weighted by molar-refractivity contribution is -0.0179. The SMILES string of the molecule is CCNC(=NCC(C)(O)CN1CCOCC1)NCCS(=O)C(C)(C)C. The van der Waals surface area contributed by atoms with Gasteiger partial charge in [-0.1, -0.05) is 0 Å². The maximum atomic E-state index is 12.1. The Balaban J connectivity index is 2.48. The van der Waals surface area contributed by atoms with E-state index in [1.165, 1.54) is 0 Å². The minimum absolute atomic E-state index is 0.209. The maximum absolute atomic E-state index is 12.1. The predicted molar refractivity (Wildman–Crippen MR) is 105 cm³/mol. The Morgan fingerprint density at radius 1 is 1.24 bits per heavy atom. The molecule has 148 valence electrons. The van der Waals surface area contributed by atoms with Crippen LogP contribution in [0.25, 0.3) is 0 Å². The van der Waals surface area contributed by atoms with Gasteiger partial charge in [-0.05, 0) is 34.6 Å². The van der Waals surface area contributed by atoms with Gasteiger partial charge >= 0.3 is 0 Å². The second-order valence-corrected chi connectivity index (χ2v) is 9.99. The van der Waals surface area contributed by atoms with Crippen molar-refractivity contribution in [2.45, 2.75) is 45.0 Å². The summed E-state index contributed by atoms with van der Waals surface area (Å²) >= 11 is 0. The summed E-state index contributed by atoms with van der Waals surface area (Å²) in [6.45, 7) is 15.1. The summed E-state index contributed by atoms with van der Waals surface area (Å²) in [7, 11) is -0.897. The average Bonchev–Trinajstić information content (AvgIpc) is 2.52. The van der Waals surface area contributed by atoms with E-state index in [1.54, 1.807) is 0 Å². The summed E-state index contributed by atoms with van der Waals surface area (Å²) < 4.78 is 17.2. The third kappa shape index (κ3) is 9.53. The van der Waals surface area contributed by atoms with Crippen molar-refractivity contribution < 1.29 is 14.1 Å². The van der Waals surface area contributed by atoms with Gasteiger partial charge in [-0.25, -0.2) is 0 Å². The van der Waals surface area contributed by atoms with Crippen LogP contribution >= 0.6 is 0 Å². The second kappa shape index (κ2) is 10.4. The molecule has 0 aromatic rings.